The lowest BCUT2D eigenvalue weighted by Gasteiger charge is -2.40. The highest BCUT2D eigenvalue weighted by atomic mass is 19.1. The predicted molar refractivity (Wildman–Crippen MR) is 140 cm³/mol. The quantitative estimate of drug-likeness (QED) is 0.457. The molecule has 0 spiro atoms. The first-order valence-electron chi connectivity index (χ1n) is 12.6. The fourth-order valence-corrected chi connectivity index (χ4v) is 4.50. The zero-order chi connectivity index (χ0) is 27.4. The van der Waals surface area contributed by atoms with Gasteiger partial charge in [0.05, 0.1) is 18.2 Å². The lowest BCUT2D eigenvalue weighted by Crippen LogP contribution is -2.56. The van der Waals surface area contributed by atoms with Crippen LogP contribution < -0.4 is 0 Å². The summed E-state index contributed by atoms with van der Waals surface area (Å²) in [4.78, 5) is 52.1. The zero-order valence-corrected chi connectivity index (χ0v) is 22.0. The Hall–Kier alpha value is -4.14. The van der Waals surface area contributed by atoms with Crippen molar-refractivity contribution in [3.8, 4) is 11.4 Å². The molecular formula is C29H31FN4O4. The molecule has 0 bridgehead atoms. The molecule has 1 aliphatic heterocycles. The first kappa shape index (κ1) is 26.9. The molecule has 2 amide bonds. The van der Waals surface area contributed by atoms with Crippen LogP contribution in [0.15, 0.2) is 54.6 Å². The van der Waals surface area contributed by atoms with E-state index in [1.807, 2.05) is 37.3 Å². The smallest absolute Gasteiger partial charge is 0.342 e. The topological polar surface area (TPSA) is 92.7 Å². The van der Waals surface area contributed by atoms with Gasteiger partial charge in [0.25, 0.3) is 5.91 Å². The third-order valence-electron chi connectivity index (χ3n) is 6.38. The monoisotopic (exact) mass is 518 g/mol. The van der Waals surface area contributed by atoms with Gasteiger partial charge in [0.2, 0.25) is 5.91 Å². The van der Waals surface area contributed by atoms with E-state index in [9.17, 15) is 18.8 Å². The first-order valence-corrected chi connectivity index (χ1v) is 12.6. The minimum atomic E-state index is -0.651. The van der Waals surface area contributed by atoms with Gasteiger partial charge >= 0.3 is 5.97 Å². The summed E-state index contributed by atoms with van der Waals surface area (Å²) in [7, 11) is 0. The van der Waals surface area contributed by atoms with Crippen molar-refractivity contribution >= 4 is 17.8 Å². The Balaban J connectivity index is 1.58. The van der Waals surface area contributed by atoms with E-state index in [0.29, 0.717) is 18.1 Å². The van der Waals surface area contributed by atoms with E-state index in [0.717, 1.165) is 11.1 Å². The molecule has 1 aromatic heterocycles. The molecule has 2 heterocycles. The molecule has 9 heteroatoms. The molecule has 3 aromatic rings. The highest BCUT2D eigenvalue weighted by molar-refractivity contribution is 6.05. The Kier molecular flexibility index (Phi) is 8.14. The molecular weight excluding hydrogens is 487 g/mol. The van der Waals surface area contributed by atoms with E-state index in [-0.39, 0.29) is 54.6 Å². The van der Waals surface area contributed by atoms with E-state index < -0.39 is 11.9 Å². The number of piperazine rings is 1. The van der Waals surface area contributed by atoms with Crippen LogP contribution in [-0.2, 0) is 16.0 Å². The number of nitrogens with zero attached hydrogens (tertiary/aromatic N) is 4. The maximum atomic E-state index is 13.8. The van der Waals surface area contributed by atoms with Crippen molar-refractivity contribution < 1.29 is 23.5 Å². The Bertz CT molecular complexity index is 1330. The molecule has 0 N–H and O–H groups in total. The highest BCUT2D eigenvalue weighted by Crippen LogP contribution is 2.23. The summed E-state index contributed by atoms with van der Waals surface area (Å²) in [5.41, 5.74) is 1.83. The minimum absolute atomic E-state index is 0.0136. The molecule has 1 atom stereocenters. The summed E-state index contributed by atoms with van der Waals surface area (Å²) in [6, 6.07) is 14.8. The van der Waals surface area contributed by atoms with Gasteiger partial charge in [0, 0.05) is 31.2 Å². The van der Waals surface area contributed by atoms with Crippen molar-refractivity contribution in [2.75, 3.05) is 19.6 Å². The number of benzene rings is 2. The molecule has 4 rings (SSSR count). The fourth-order valence-electron chi connectivity index (χ4n) is 4.50. The fraction of sp³-hybridized carbons (Fsp3) is 0.345. The number of hydrogen-bond donors (Lipinski definition) is 0. The van der Waals surface area contributed by atoms with E-state index in [2.05, 4.69) is 9.97 Å². The summed E-state index contributed by atoms with van der Waals surface area (Å²) >= 11 is 0. The standard InChI is InChI=1S/C29H31FN4O4/c1-18(2)38-29(37)25-20(4)31-27(22-8-6-5-7-9-22)32-26(25)28(36)33-14-15-34(19(3)17-33)24(35)16-21-10-12-23(30)13-11-21/h5-13,18-19H,14-17H2,1-4H3. The van der Waals surface area contributed by atoms with Crippen molar-refractivity contribution in [2.45, 2.75) is 46.3 Å². The maximum absolute atomic E-state index is 13.8. The number of rotatable bonds is 6. The molecule has 0 radical (unpaired) electrons. The summed E-state index contributed by atoms with van der Waals surface area (Å²) in [6.45, 7) is 7.88. The van der Waals surface area contributed by atoms with Gasteiger partial charge in [-0.25, -0.2) is 19.2 Å². The minimum Gasteiger partial charge on any atom is -0.459 e. The van der Waals surface area contributed by atoms with Gasteiger partial charge in [-0.15, -0.1) is 0 Å². The van der Waals surface area contributed by atoms with Gasteiger partial charge in [-0.3, -0.25) is 9.59 Å². The van der Waals surface area contributed by atoms with E-state index in [1.54, 1.807) is 42.7 Å². The lowest BCUT2D eigenvalue weighted by atomic mass is 10.1. The maximum Gasteiger partial charge on any atom is 0.342 e. The average Bonchev–Trinajstić information content (AvgIpc) is 2.89. The van der Waals surface area contributed by atoms with Crippen LogP contribution in [0, 0.1) is 12.7 Å². The predicted octanol–water partition coefficient (Wildman–Crippen LogP) is 4.07. The Morgan fingerprint density at radius 1 is 1.03 bits per heavy atom. The Morgan fingerprint density at radius 3 is 2.34 bits per heavy atom. The van der Waals surface area contributed by atoms with Crippen molar-refractivity contribution in [1.82, 2.24) is 19.8 Å². The van der Waals surface area contributed by atoms with Crippen molar-refractivity contribution in [3.63, 3.8) is 0 Å². The zero-order valence-electron chi connectivity index (χ0n) is 22.0. The number of aryl methyl sites for hydroxylation is 1. The summed E-state index contributed by atoms with van der Waals surface area (Å²) in [5.74, 6) is -1.17. The van der Waals surface area contributed by atoms with Crippen LogP contribution >= 0.6 is 0 Å². The van der Waals surface area contributed by atoms with Crippen LogP contribution in [0.1, 0.15) is 52.9 Å². The first-order chi connectivity index (χ1) is 18.1. The van der Waals surface area contributed by atoms with Crippen LogP contribution in [0.4, 0.5) is 4.39 Å². The number of ether oxygens (including phenoxy) is 1. The third-order valence-corrected chi connectivity index (χ3v) is 6.38. The number of amides is 2. The van der Waals surface area contributed by atoms with Crippen LogP contribution in [0.5, 0.6) is 0 Å². The van der Waals surface area contributed by atoms with Gasteiger partial charge in [-0.2, -0.15) is 0 Å². The van der Waals surface area contributed by atoms with E-state index >= 15 is 0 Å². The molecule has 8 nitrogen and oxygen atoms in total. The second kappa shape index (κ2) is 11.5. The number of halogens is 1. The number of carbonyl (C=O) groups excluding carboxylic acids is 3. The largest absolute Gasteiger partial charge is 0.459 e. The molecule has 0 saturated carbocycles. The van der Waals surface area contributed by atoms with Gasteiger partial charge < -0.3 is 14.5 Å². The van der Waals surface area contributed by atoms with Crippen LogP contribution in [0.2, 0.25) is 0 Å². The SMILES string of the molecule is Cc1nc(-c2ccccc2)nc(C(=O)N2CCN(C(=O)Cc3ccc(F)cc3)C(C)C2)c1C(=O)OC(C)C. The number of carbonyl (C=O) groups is 3. The highest BCUT2D eigenvalue weighted by Gasteiger charge is 2.34. The van der Waals surface area contributed by atoms with E-state index in [1.165, 1.54) is 12.1 Å². The van der Waals surface area contributed by atoms with Crippen LogP contribution in [0.25, 0.3) is 11.4 Å². The number of esters is 1. The van der Waals surface area contributed by atoms with Gasteiger partial charge in [-0.05, 0) is 45.4 Å². The Morgan fingerprint density at radius 2 is 1.71 bits per heavy atom. The molecule has 2 aromatic carbocycles. The molecule has 0 aliphatic carbocycles. The van der Waals surface area contributed by atoms with Crippen molar-refractivity contribution in [1.29, 1.82) is 0 Å². The normalized spacial score (nSPS) is 15.5. The third kappa shape index (κ3) is 6.04. The van der Waals surface area contributed by atoms with Gasteiger partial charge in [-0.1, -0.05) is 42.5 Å². The summed E-state index contributed by atoms with van der Waals surface area (Å²) in [5, 5.41) is 0. The van der Waals surface area contributed by atoms with Crippen molar-refractivity contribution in [3.05, 3.63) is 82.9 Å². The summed E-state index contributed by atoms with van der Waals surface area (Å²) in [6.07, 6.45) is -0.232. The average molecular weight is 519 g/mol. The molecule has 1 aliphatic rings. The Labute approximate surface area is 221 Å². The second-order valence-corrected chi connectivity index (χ2v) is 9.67. The molecule has 198 valence electrons. The van der Waals surface area contributed by atoms with Crippen LogP contribution in [-0.4, -0.2) is 69.3 Å². The molecule has 38 heavy (non-hydrogen) atoms. The number of aromatic nitrogens is 2. The summed E-state index contributed by atoms with van der Waals surface area (Å²) < 4.78 is 18.6. The van der Waals surface area contributed by atoms with Gasteiger partial charge in [0.15, 0.2) is 5.82 Å². The number of hydrogen-bond acceptors (Lipinski definition) is 6. The second-order valence-electron chi connectivity index (χ2n) is 9.67. The van der Waals surface area contributed by atoms with E-state index in [4.69, 9.17) is 4.74 Å². The molecule has 1 fully saturated rings. The van der Waals surface area contributed by atoms with Crippen LogP contribution in [0.3, 0.4) is 0 Å². The van der Waals surface area contributed by atoms with Gasteiger partial charge in [0.1, 0.15) is 17.1 Å². The molecule has 1 saturated heterocycles. The molecule has 1 unspecified atom stereocenters. The lowest BCUT2D eigenvalue weighted by molar-refractivity contribution is -0.134. The van der Waals surface area contributed by atoms with Crippen molar-refractivity contribution in [2.24, 2.45) is 0 Å².